The molecular weight excluding hydrogens is 282 g/mol. The zero-order chi connectivity index (χ0) is 14.7. The summed E-state index contributed by atoms with van der Waals surface area (Å²) in [6, 6.07) is 4.64. The minimum Gasteiger partial charge on any atom is -0.464 e. The van der Waals surface area contributed by atoms with Crippen molar-refractivity contribution in [1.82, 2.24) is 0 Å². The summed E-state index contributed by atoms with van der Waals surface area (Å²) in [5, 5.41) is 0.545. The molecular formula is C14H16ClNO4. The summed E-state index contributed by atoms with van der Waals surface area (Å²) in [7, 11) is 1.44. The standard InChI is InChI=1S/C14H16ClNO4/c1-9-10(15)4-3-5-11(9)16(13(17)8-19-2)12-6-7-20-14(12)18/h3-5,12H,6-8H2,1-2H3. The Kier molecular flexibility index (Phi) is 4.62. The predicted molar refractivity (Wildman–Crippen MR) is 74.9 cm³/mol. The van der Waals surface area contributed by atoms with Crippen LogP contribution in [0, 0.1) is 6.92 Å². The summed E-state index contributed by atoms with van der Waals surface area (Å²) in [5.74, 6) is -0.685. The number of methoxy groups -OCH3 is 1. The van der Waals surface area contributed by atoms with E-state index in [0.717, 1.165) is 5.56 Å². The molecule has 0 spiro atoms. The molecule has 0 saturated carbocycles. The summed E-state index contributed by atoms with van der Waals surface area (Å²) < 4.78 is 9.85. The third-order valence-electron chi connectivity index (χ3n) is 3.25. The number of amides is 1. The normalized spacial score (nSPS) is 17.9. The van der Waals surface area contributed by atoms with Crippen LogP contribution in [-0.4, -0.2) is 38.2 Å². The van der Waals surface area contributed by atoms with Crippen LogP contribution in [0.15, 0.2) is 18.2 Å². The van der Waals surface area contributed by atoms with E-state index in [-0.39, 0.29) is 12.5 Å². The number of benzene rings is 1. The summed E-state index contributed by atoms with van der Waals surface area (Å²) >= 11 is 6.10. The van der Waals surface area contributed by atoms with Crippen LogP contribution in [-0.2, 0) is 19.1 Å². The summed E-state index contributed by atoms with van der Waals surface area (Å²) in [4.78, 5) is 25.5. The van der Waals surface area contributed by atoms with Crippen LogP contribution in [0.3, 0.4) is 0 Å². The molecule has 1 aliphatic heterocycles. The number of hydrogen-bond donors (Lipinski definition) is 0. The molecule has 108 valence electrons. The molecule has 1 unspecified atom stereocenters. The minimum absolute atomic E-state index is 0.101. The lowest BCUT2D eigenvalue weighted by molar-refractivity contribution is -0.140. The highest BCUT2D eigenvalue weighted by molar-refractivity contribution is 6.31. The molecule has 2 rings (SSSR count). The van der Waals surface area contributed by atoms with Gasteiger partial charge in [-0.2, -0.15) is 0 Å². The molecule has 1 aromatic rings. The SMILES string of the molecule is COCC(=O)N(c1cccc(Cl)c1C)C1CCOC1=O. The van der Waals surface area contributed by atoms with Gasteiger partial charge in [0, 0.05) is 24.2 Å². The van der Waals surface area contributed by atoms with Gasteiger partial charge in [-0.1, -0.05) is 17.7 Å². The van der Waals surface area contributed by atoms with Crippen molar-refractivity contribution < 1.29 is 19.1 Å². The third kappa shape index (κ3) is 2.78. The first-order valence-electron chi connectivity index (χ1n) is 6.29. The molecule has 1 atom stereocenters. The molecule has 0 radical (unpaired) electrons. The maximum absolute atomic E-state index is 12.3. The fourth-order valence-corrected chi connectivity index (χ4v) is 2.42. The average Bonchev–Trinajstić information content (AvgIpc) is 2.82. The van der Waals surface area contributed by atoms with E-state index < -0.39 is 12.0 Å². The largest absolute Gasteiger partial charge is 0.464 e. The highest BCUT2D eigenvalue weighted by Crippen LogP contribution is 2.30. The quantitative estimate of drug-likeness (QED) is 0.797. The van der Waals surface area contributed by atoms with E-state index in [1.807, 2.05) is 6.92 Å². The van der Waals surface area contributed by atoms with Gasteiger partial charge in [-0.05, 0) is 24.6 Å². The lowest BCUT2D eigenvalue weighted by Gasteiger charge is -2.28. The lowest BCUT2D eigenvalue weighted by atomic mass is 10.1. The summed E-state index contributed by atoms with van der Waals surface area (Å²) in [6.07, 6.45) is 0.472. The smallest absolute Gasteiger partial charge is 0.329 e. The molecule has 1 amide bonds. The van der Waals surface area contributed by atoms with Crippen molar-refractivity contribution >= 4 is 29.2 Å². The maximum Gasteiger partial charge on any atom is 0.329 e. The first kappa shape index (κ1) is 14.8. The Hall–Kier alpha value is -1.59. The number of carbonyl (C=O) groups excluding carboxylic acids is 2. The Morgan fingerprint density at radius 1 is 1.55 bits per heavy atom. The highest BCUT2D eigenvalue weighted by atomic mass is 35.5. The van der Waals surface area contributed by atoms with Crippen LogP contribution in [0.25, 0.3) is 0 Å². The first-order chi connectivity index (χ1) is 9.56. The third-order valence-corrected chi connectivity index (χ3v) is 3.66. The summed E-state index contributed by atoms with van der Waals surface area (Å²) in [5.41, 5.74) is 1.36. The molecule has 0 aromatic heterocycles. The molecule has 0 aliphatic carbocycles. The summed E-state index contributed by atoms with van der Waals surface area (Å²) in [6.45, 7) is 2.03. The number of hydrogen-bond acceptors (Lipinski definition) is 4. The van der Waals surface area contributed by atoms with Crippen LogP contribution < -0.4 is 4.90 Å². The van der Waals surface area contributed by atoms with Crippen molar-refractivity contribution in [3.8, 4) is 0 Å². The molecule has 0 bridgehead atoms. The molecule has 1 saturated heterocycles. The van der Waals surface area contributed by atoms with E-state index in [2.05, 4.69) is 0 Å². The van der Waals surface area contributed by atoms with E-state index in [9.17, 15) is 9.59 Å². The number of esters is 1. The van der Waals surface area contributed by atoms with Gasteiger partial charge < -0.3 is 9.47 Å². The first-order valence-corrected chi connectivity index (χ1v) is 6.66. The zero-order valence-electron chi connectivity index (χ0n) is 11.4. The second-order valence-corrected chi connectivity index (χ2v) is 4.96. The van der Waals surface area contributed by atoms with Crippen LogP contribution in [0.1, 0.15) is 12.0 Å². The molecule has 1 heterocycles. The van der Waals surface area contributed by atoms with E-state index >= 15 is 0 Å². The molecule has 20 heavy (non-hydrogen) atoms. The molecule has 0 N–H and O–H groups in total. The Labute approximate surface area is 122 Å². The fourth-order valence-electron chi connectivity index (χ4n) is 2.25. The van der Waals surface area contributed by atoms with Crippen molar-refractivity contribution in [2.24, 2.45) is 0 Å². The van der Waals surface area contributed by atoms with E-state index in [4.69, 9.17) is 21.1 Å². The van der Waals surface area contributed by atoms with Crippen molar-refractivity contribution in [3.63, 3.8) is 0 Å². The molecule has 1 aromatic carbocycles. The van der Waals surface area contributed by atoms with Crippen molar-refractivity contribution in [2.45, 2.75) is 19.4 Å². The van der Waals surface area contributed by atoms with E-state index in [1.54, 1.807) is 18.2 Å². The van der Waals surface area contributed by atoms with Crippen molar-refractivity contribution in [2.75, 3.05) is 25.2 Å². The van der Waals surface area contributed by atoms with Crippen molar-refractivity contribution in [1.29, 1.82) is 0 Å². The number of nitrogens with zero attached hydrogens (tertiary/aromatic N) is 1. The second kappa shape index (κ2) is 6.24. The monoisotopic (exact) mass is 297 g/mol. The molecule has 1 aliphatic rings. The van der Waals surface area contributed by atoms with Crippen LogP contribution >= 0.6 is 11.6 Å². The number of rotatable bonds is 4. The number of cyclic esters (lactones) is 1. The topological polar surface area (TPSA) is 55.8 Å². The van der Waals surface area contributed by atoms with Crippen LogP contribution in [0.2, 0.25) is 5.02 Å². The van der Waals surface area contributed by atoms with Gasteiger partial charge in [-0.3, -0.25) is 9.69 Å². The lowest BCUT2D eigenvalue weighted by Crippen LogP contribution is -2.45. The highest BCUT2D eigenvalue weighted by Gasteiger charge is 2.36. The Bertz CT molecular complexity index is 532. The Morgan fingerprint density at radius 2 is 2.30 bits per heavy atom. The Morgan fingerprint density at radius 3 is 2.90 bits per heavy atom. The van der Waals surface area contributed by atoms with Crippen molar-refractivity contribution in [3.05, 3.63) is 28.8 Å². The van der Waals surface area contributed by atoms with Crippen LogP contribution in [0.4, 0.5) is 5.69 Å². The van der Waals surface area contributed by atoms with Crippen LogP contribution in [0.5, 0.6) is 0 Å². The van der Waals surface area contributed by atoms with Gasteiger partial charge in [0.05, 0.1) is 6.61 Å². The van der Waals surface area contributed by atoms with Gasteiger partial charge in [0.1, 0.15) is 12.6 Å². The van der Waals surface area contributed by atoms with Gasteiger partial charge in [-0.15, -0.1) is 0 Å². The average molecular weight is 298 g/mol. The number of ether oxygens (including phenoxy) is 2. The predicted octanol–water partition coefficient (Wildman–Crippen LogP) is 1.94. The second-order valence-electron chi connectivity index (χ2n) is 4.55. The van der Waals surface area contributed by atoms with Gasteiger partial charge in [0.25, 0.3) is 5.91 Å². The van der Waals surface area contributed by atoms with E-state index in [0.29, 0.717) is 23.7 Å². The number of anilines is 1. The fraction of sp³-hybridized carbons (Fsp3) is 0.429. The van der Waals surface area contributed by atoms with E-state index in [1.165, 1.54) is 12.0 Å². The molecule has 5 nitrogen and oxygen atoms in total. The Balaban J connectivity index is 2.43. The molecule has 6 heteroatoms. The van der Waals surface area contributed by atoms with Gasteiger partial charge in [0.2, 0.25) is 0 Å². The van der Waals surface area contributed by atoms with Gasteiger partial charge >= 0.3 is 5.97 Å². The zero-order valence-corrected chi connectivity index (χ0v) is 12.1. The minimum atomic E-state index is -0.616. The molecule has 1 fully saturated rings. The number of carbonyl (C=O) groups is 2. The number of halogens is 1. The maximum atomic E-state index is 12.3. The van der Waals surface area contributed by atoms with Gasteiger partial charge in [-0.25, -0.2) is 4.79 Å². The van der Waals surface area contributed by atoms with Gasteiger partial charge in [0.15, 0.2) is 0 Å².